The Labute approximate surface area is 198 Å². The lowest BCUT2D eigenvalue weighted by molar-refractivity contribution is -0.130. The van der Waals surface area contributed by atoms with E-state index in [0.29, 0.717) is 18.2 Å². The molecule has 0 saturated heterocycles. The fourth-order valence-electron chi connectivity index (χ4n) is 3.71. The zero-order valence-electron chi connectivity index (χ0n) is 19.1. The summed E-state index contributed by atoms with van der Waals surface area (Å²) in [5, 5.41) is 9.07. The number of benzene rings is 2. The molecule has 4 aromatic rings. The zero-order chi connectivity index (χ0) is 23.2. The van der Waals surface area contributed by atoms with Gasteiger partial charge in [0.1, 0.15) is 5.76 Å². The summed E-state index contributed by atoms with van der Waals surface area (Å²) in [6, 6.07) is 22.3. The molecule has 6 nitrogen and oxygen atoms in total. The van der Waals surface area contributed by atoms with Crippen LogP contribution in [0.25, 0.3) is 11.4 Å². The van der Waals surface area contributed by atoms with E-state index in [9.17, 15) is 4.79 Å². The van der Waals surface area contributed by atoms with Crippen molar-refractivity contribution in [2.24, 2.45) is 7.05 Å². The SMILES string of the molecule is Cc1occc1-c1nnc(SC(C)C(=O)N(CCc2ccccc2)Cc2ccccc2)n1C. The molecular weight excluding hydrogens is 432 g/mol. The highest BCUT2D eigenvalue weighted by atomic mass is 32.2. The quantitative estimate of drug-likeness (QED) is 0.324. The first-order chi connectivity index (χ1) is 16.0. The molecule has 1 unspecified atom stereocenters. The van der Waals surface area contributed by atoms with Crippen molar-refractivity contribution in [2.45, 2.75) is 37.2 Å². The van der Waals surface area contributed by atoms with E-state index in [2.05, 4.69) is 34.5 Å². The highest BCUT2D eigenvalue weighted by Gasteiger charge is 2.25. The van der Waals surface area contributed by atoms with Crippen LogP contribution in [0.1, 0.15) is 23.8 Å². The zero-order valence-corrected chi connectivity index (χ0v) is 20.0. The molecule has 0 aliphatic heterocycles. The first-order valence-electron chi connectivity index (χ1n) is 11.0. The van der Waals surface area contributed by atoms with E-state index < -0.39 is 0 Å². The first-order valence-corrected chi connectivity index (χ1v) is 11.9. The third-order valence-electron chi connectivity index (χ3n) is 5.61. The third-order valence-corrected chi connectivity index (χ3v) is 6.73. The maximum absolute atomic E-state index is 13.5. The summed E-state index contributed by atoms with van der Waals surface area (Å²) in [5.41, 5.74) is 3.24. The van der Waals surface area contributed by atoms with Gasteiger partial charge >= 0.3 is 0 Å². The second-order valence-corrected chi connectivity index (χ2v) is 9.30. The second-order valence-electron chi connectivity index (χ2n) is 8.00. The topological polar surface area (TPSA) is 64.2 Å². The van der Waals surface area contributed by atoms with Crippen LogP contribution in [0, 0.1) is 6.92 Å². The molecule has 0 aliphatic rings. The maximum atomic E-state index is 13.5. The third kappa shape index (κ3) is 5.54. The van der Waals surface area contributed by atoms with Gasteiger partial charge in [-0.05, 0) is 37.5 Å². The van der Waals surface area contributed by atoms with Crippen LogP contribution in [-0.4, -0.2) is 37.4 Å². The summed E-state index contributed by atoms with van der Waals surface area (Å²) in [4.78, 5) is 15.4. The van der Waals surface area contributed by atoms with Crippen LogP contribution in [0.2, 0.25) is 0 Å². The molecule has 0 bridgehead atoms. The molecule has 0 N–H and O–H groups in total. The Morgan fingerprint density at radius 3 is 2.33 bits per heavy atom. The predicted octanol–water partition coefficient (Wildman–Crippen LogP) is 5.14. The lowest BCUT2D eigenvalue weighted by Crippen LogP contribution is -2.37. The molecule has 170 valence electrons. The molecule has 0 radical (unpaired) electrons. The summed E-state index contributed by atoms with van der Waals surface area (Å²) in [6.07, 6.45) is 2.46. The van der Waals surface area contributed by atoms with Gasteiger partial charge in [-0.15, -0.1) is 10.2 Å². The standard InChI is InChI=1S/C26H28N4O2S/c1-19-23(15-17-32-19)24-27-28-26(29(24)3)33-20(2)25(31)30(18-22-12-8-5-9-13-22)16-14-21-10-6-4-7-11-21/h4-13,15,17,20H,14,16,18H2,1-3H3. The number of furan rings is 1. The first kappa shape index (κ1) is 22.9. The highest BCUT2D eigenvalue weighted by molar-refractivity contribution is 8.00. The van der Waals surface area contributed by atoms with Crippen LogP contribution in [-0.2, 0) is 24.8 Å². The number of aryl methyl sites for hydroxylation is 1. The van der Waals surface area contributed by atoms with E-state index in [0.717, 1.165) is 29.1 Å². The van der Waals surface area contributed by atoms with Crippen molar-refractivity contribution in [1.82, 2.24) is 19.7 Å². The Balaban J connectivity index is 1.49. The highest BCUT2D eigenvalue weighted by Crippen LogP contribution is 2.28. The molecular formula is C26H28N4O2S. The van der Waals surface area contributed by atoms with Gasteiger partial charge in [0.25, 0.3) is 0 Å². The minimum absolute atomic E-state index is 0.0869. The van der Waals surface area contributed by atoms with Gasteiger partial charge in [-0.25, -0.2) is 0 Å². The minimum atomic E-state index is -0.300. The lowest BCUT2D eigenvalue weighted by Gasteiger charge is -2.26. The number of carbonyl (C=O) groups excluding carboxylic acids is 1. The number of thioether (sulfide) groups is 1. The second kappa shape index (κ2) is 10.5. The smallest absolute Gasteiger partial charge is 0.236 e. The van der Waals surface area contributed by atoms with E-state index in [1.807, 2.05) is 72.8 Å². The molecule has 1 atom stereocenters. The normalized spacial score (nSPS) is 12.0. The number of amides is 1. The Hall–Kier alpha value is -3.32. The predicted molar refractivity (Wildman–Crippen MR) is 131 cm³/mol. The molecule has 0 aliphatic carbocycles. The van der Waals surface area contributed by atoms with Crippen molar-refractivity contribution < 1.29 is 9.21 Å². The average molecular weight is 461 g/mol. The van der Waals surface area contributed by atoms with Crippen LogP contribution >= 0.6 is 11.8 Å². The molecule has 4 rings (SSSR count). The van der Waals surface area contributed by atoms with E-state index in [1.54, 1.807) is 6.26 Å². The maximum Gasteiger partial charge on any atom is 0.236 e. The largest absolute Gasteiger partial charge is 0.469 e. The van der Waals surface area contributed by atoms with Gasteiger partial charge in [-0.3, -0.25) is 4.79 Å². The van der Waals surface area contributed by atoms with Gasteiger partial charge in [0.2, 0.25) is 5.91 Å². The number of carbonyl (C=O) groups is 1. The van der Waals surface area contributed by atoms with E-state index in [-0.39, 0.29) is 11.2 Å². The molecule has 0 fully saturated rings. The summed E-state index contributed by atoms with van der Waals surface area (Å²) in [5.74, 6) is 1.61. The van der Waals surface area contributed by atoms with Gasteiger partial charge in [0.15, 0.2) is 11.0 Å². The Kier molecular flexibility index (Phi) is 7.29. The van der Waals surface area contributed by atoms with Gasteiger partial charge in [0, 0.05) is 20.1 Å². The molecule has 0 saturated carbocycles. The molecule has 7 heteroatoms. The Bertz CT molecular complexity index is 1190. The Morgan fingerprint density at radius 1 is 1.03 bits per heavy atom. The number of aromatic nitrogens is 3. The Morgan fingerprint density at radius 2 is 1.70 bits per heavy atom. The van der Waals surface area contributed by atoms with Crippen LogP contribution in [0.15, 0.2) is 82.6 Å². The van der Waals surface area contributed by atoms with Gasteiger partial charge in [-0.1, -0.05) is 72.4 Å². The number of nitrogens with zero attached hydrogens (tertiary/aromatic N) is 4. The van der Waals surface area contributed by atoms with Gasteiger partial charge in [0.05, 0.1) is 17.1 Å². The van der Waals surface area contributed by atoms with Crippen molar-refractivity contribution in [3.63, 3.8) is 0 Å². The van der Waals surface area contributed by atoms with Crippen molar-refractivity contribution in [1.29, 1.82) is 0 Å². The van der Waals surface area contributed by atoms with E-state index >= 15 is 0 Å². The fraction of sp³-hybridized carbons (Fsp3) is 0.269. The van der Waals surface area contributed by atoms with Crippen LogP contribution in [0.5, 0.6) is 0 Å². The van der Waals surface area contributed by atoms with E-state index in [1.165, 1.54) is 17.3 Å². The molecule has 2 heterocycles. The molecule has 1 amide bonds. The number of hydrogen-bond donors (Lipinski definition) is 0. The lowest BCUT2D eigenvalue weighted by atomic mass is 10.1. The monoisotopic (exact) mass is 460 g/mol. The van der Waals surface area contributed by atoms with E-state index in [4.69, 9.17) is 4.42 Å². The number of hydrogen-bond acceptors (Lipinski definition) is 5. The molecule has 0 spiro atoms. The summed E-state index contributed by atoms with van der Waals surface area (Å²) >= 11 is 1.43. The van der Waals surface area contributed by atoms with Crippen molar-refractivity contribution >= 4 is 17.7 Å². The summed E-state index contributed by atoms with van der Waals surface area (Å²) in [6.45, 7) is 5.07. The van der Waals surface area contributed by atoms with Crippen LogP contribution in [0.3, 0.4) is 0 Å². The van der Waals surface area contributed by atoms with Crippen LogP contribution < -0.4 is 0 Å². The number of rotatable bonds is 9. The average Bonchev–Trinajstić information content (AvgIpc) is 3.42. The van der Waals surface area contributed by atoms with Gasteiger partial charge < -0.3 is 13.9 Å². The minimum Gasteiger partial charge on any atom is -0.469 e. The van der Waals surface area contributed by atoms with Crippen molar-refractivity contribution in [3.8, 4) is 11.4 Å². The van der Waals surface area contributed by atoms with Crippen molar-refractivity contribution in [2.75, 3.05) is 6.54 Å². The fourth-order valence-corrected chi connectivity index (χ4v) is 4.61. The van der Waals surface area contributed by atoms with Gasteiger partial charge in [-0.2, -0.15) is 0 Å². The molecule has 2 aromatic heterocycles. The summed E-state index contributed by atoms with van der Waals surface area (Å²) < 4.78 is 7.32. The van der Waals surface area contributed by atoms with Crippen molar-refractivity contribution in [3.05, 3.63) is 89.9 Å². The molecule has 33 heavy (non-hydrogen) atoms. The van der Waals surface area contributed by atoms with Crippen LogP contribution in [0.4, 0.5) is 0 Å². The summed E-state index contributed by atoms with van der Waals surface area (Å²) in [7, 11) is 1.92. The molecule has 2 aromatic carbocycles.